The number of aromatic nitrogens is 1. The number of methoxy groups -OCH3 is 1. The number of nitrogen functional groups attached to an aromatic ring is 1. The Kier molecular flexibility index (Phi) is 5.03. The topological polar surface area (TPSA) is 72.0 Å². The van der Waals surface area contributed by atoms with E-state index in [1.165, 1.54) is 0 Å². The largest absolute Gasteiger partial charge is 0.496 e. The Morgan fingerprint density at radius 3 is 2.80 bits per heavy atom. The van der Waals surface area contributed by atoms with Crippen LogP contribution in [-0.4, -0.2) is 17.9 Å². The molecule has 0 bridgehead atoms. The van der Waals surface area contributed by atoms with Crippen LogP contribution >= 0.6 is 27.7 Å². The molecule has 104 valence electrons. The second-order valence-electron chi connectivity index (χ2n) is 4.05. The Labute approximate surface area is 130 Å². The number of nitrogens with two attached hydrogens (primary N) is 1. The van der Waals surface area contributed by atoms with Crippen molar-refractivity contribution >= 4 is 33.5 Å². The summed E-state index contributed by atoms with van der Waals surface area (Å²) in [4.78, 5) is 4.31. The number of nitrogens with one attached hydrogen (secondary N) is 1. The number of benzene rings is 1. The van der Waals surface area contributed by atoms with E-state index in [4.69, 9.17) is 15.9 Å². The second kappa shape index (κ2) is 6.76. The highest BCUT2D eigenvalue weighted by Gasteiger charge is 2.07. The van der Waals surface area contributed by atoms with Gasteiger partial charge in [-0.05, 0) is 45.8 Å². The molecule has 1 heterocycles. The molecule has 0 aliphatic carbocycles. The lowest BCUT2D eigenvalue weighted by molar-refractivity contribution is 0.413. The summed E-state index contributed by atoms with van der Waals surface area (Å²) in [6.07, 6.45) is 1.78. The van der Waals surface area contributed by atoms with Crippen molar-refractivity contribution in [2.24, 2.45) is 5.73 Å². The molecule has 6 heteroatoms. The van der Waals surface area contributed by atoms with E-state index < -0.39 is 0 Å². The van der Waals surface area contributed by atoms with Crippen LogP contribution in [0.4, 0.5) is 0 Å². The van der Waals surface area contributed by atoms with Gasteiger partial charge in [0.25, 0.3) is 0 Å². The highest BCUT2D eigenvalue weighted by atomic mass is 79.9. The first kappa shape index (κ1) is 14.9. The van der Waals surface area contributed by atoms with Gasteiger partial charge in [0.1, 0.15) is 11.6 Å². The standard InChI is InChI=1S/C14H14BrN3OS/c1-19-12-6-9(2-4-11(12)14(16)17)8-20-13-5-3-10(15)7-18-13/h2-7H,8H2,1H3,(H3,16,17). The van der Waals surface area contributed by atoms with Crippen LogP contribution in [0.2, 0.25) is 0 Å². The van der Waals surface area contributed by atoms with Gasteiger partial charge in [-0.1, -0.05) is 6.07 Å². The fraction of sp³-hybridized carbons (Fsp3) is 0.143. The van der Waals surface area contributed by atoms with E-state index in [0.29, 0.717) is 11.3 Å². The SMILES string of the molecule is COc1cc(CSc2ccc(Br)cn2)ccc1C(=N)N. The van der Waals surface area contributed by atoms with Crippen molar-refractivity contribution in [3.05, 3.63) is 52.1 Å². The molecule has 0 saturated heterocycles. The Balaban J connectivity index is 2.10. The molecule has 20 heavy (non-hydrogen) atoms. The number of ether oxygens (including phenoxy) is 1. The third-order valence-electron chi connectivity index (χ3n) is 2.64. The molecule has 0 amide bonds. The molecule has 4 nitrogen and oxygen atoms in total. The first-order chi connectivity index (χ1) is 9.60. The van der Waals surface area contributed by atoms with Gasteiger partial charge in [0.15, 0.2) is 0 Å². The van der Waals surface area contributed by atoms with Crippen LogP contribution in [0, 0.1) is 5.41 Å². The van der Waals surface area contributed by atoms with Crippen LogP contribution in [0.25, 0.3) is 0 Å². The first-order valence-corrected chi connectivity index (χ1v) is 7.63. The maximum absolute atomic E-state index is 7.48. The fourth-order valence-electron chi connectivity index (χ4n) is 1.65. The minimum absolute atomic E-state index is 0.00984. The van der Waals surface area contributed by atoms with Gasteiger partial charge in [-0.2, -0.15) is 0 Å². The van der Waals surface area contributed by atoms with Crippen molar-refractivity contribution in [1.29, 1.82) is 5.41 Å². The van der Waals surface area contributed by atoms with Gasteiger partial charge >= 0.3 is 0 Å². The van der Waals surface area contributed by atoms with Crippen molar-refractivity contribution in [1.82, 2.24) is 4.98 Å². The highest BCUT2D eigenvalue weighted by Crippen LogP contribution is 2.26. The Morgan fingerprint density at radius 2 is 2.20 bits per heavy atom. The van der Waals surface area contributed by atoms with E-state index in [-0.39, 0.29) is 5.84 Å². The lowest BCUT2D eigenvalue weighted by Crippen LogP contribution is -2.12. The summed E-state index contributed by atoms with van der Waals surface area (Å²) in [5.74, 6) is 1.42. The molecule has 3 N–H and O–H groups in total. The highest BCUT2D eigenvalue weighted by molar-refractivity contribution is 9.10. The molecule has 0 unspecified atom stereocenters. The number of hydrogen-bond donors (Lipinski definition) is 2. The van der Waals surface area contributed by atoms with Crippen molar-refractivity contribution in [3.8, 4) is 5.75 Å². The molecule has 2 rings (SSSR count). The first-order valence-electron chi connectivity index (χ1n) is 5.86. The molecule has 2 aromatic rings. The smallest absolute Gasteiger partial charge is 0.130 e. The number of rotatable bonds is 5. The van der Waals surface area contributed by atoms with Gasteiger partial charge in [-0.3, -0.25) is 5.41 Å². The minimum atomic E-state index is 0.00984. The van der Waals surface area contributed by atoms with E-state index in [0.717, 1.165) is 20.8 Å². The Hall–Kier alpha value is -1.53. The van der Waals surface area contributed by atoms with Gasteiger partial charge < -0.3 is 10.5 Å². The molecular weight excluding hydrogens is 338 g/mol. The summed E-state index contributed by atoms with van der Waals surface area (Å²) in [6.45, 7) is 0. The van der Waals surface area contributed by atoms with Crippen molar-refractivity contribution in [3.63, 3.8) is 0 Å². The van der Waals surface area contributed by atoms with Gasteiger partial charge in [0.2, 0.25) is 0 Å². The molecular formula is C14H14BrN3OS. The molecule has 0 atom stereocenters. The number of halogens is 1. The molecule has 1 aromatic carbocycles. The summed E-state index contributed by atoms with van der Waals surface area (Å²) < 4.78 is 6.23. The van der Waals surface area contributed by atoms with Gasteiger partial charge in [0.05, 0.1) is 17.7 Å². The number of nitrogens with zero attached hydrogens (tertiary/aromatic N) is 1. The zero-order valence-corrected chi connectivity index (χ0v) is 13.3. The van der Waals surface area contributed by atoms with Crippen molar-refractivity contribution in [2.75, 3.05) is 7.11 Å². The summed E-state index contributed by atoms with van der Waals surface area (Å²) in [5, 5.41) is 8.45. The summed E-state index contributed by atoms with van der Waals surface area (Å²) in [5.41, 5.74) is 7.22. The van der Waals surface area contributed by atoms with Crippen LogP contribution in [0.15, 0.2) is 46.0 Å². The monoisotopic (exact) mass is 351 g/mol. The number of pyridine rings is 1. The zero-order chi connectivity index (χ0) is 14.5. The van der Waals surface area contributed by atoms with Crippen LogP contribution in [-0.2, 0) is 5.75 Å². The van der Waals surface area contributed by atoms with Crippen LogP contribution in [0.1, 0.15) is 11.1 Å². The maximum Gasteiger partial charge on any atom is 0.130 e. The second-order valence-corrected chi connectivity index (χ2v) is 5.96. The van der Waals surface area contributed by atoms with Crippen molar-refractivity contribution < 1.29 is 4.74 Å². The summed E-state index contributed by atoms with van der Waals surface area (Å²) in [6, 6.07) is 9.60. The van der Waals surface area contributed by atoms with Crippen LogP contribution < -0.4 is 10.5 Å². The average molecular weight is 352 g/mol. The lowest BCUT2D eigenvalue weighted by atomic mass is 10.1. The van der Waals surface area contributed by atoms with Crippen LogP contribution in [0.5, 0.6) is 5.75 Å². The zero-order valence-electron chi connectivity index (χ0n) is 10.9. The van der Waals surface area contributed by atoms with E-state index in [2.05, 4.69) is 20.9 Å². The molecule has 0 fully saturated rings. The van der Waals surface area contributed by atoms with E-state index >= 15 is 0 Å². The molecule has 0 spiro atoms. The number of hydrogen-bond acceptors (Lipinski definition) is 4. The third-order valence-corrected chi connectivity index (χ3v) is 4.13. The average Bonchev–Trinajstić information content (AvgIpc) is 2.46. The van der Waals surface area contributed by atoms with Crippen LogP contribution in [0.3, 0.4) is 0 Å². The fourth-order valence-corrected chi connectivity index (χ4v) is 2.67. The van der Waals surface area contributed by atoms with E-state index in [9.17, 15) is 0 Å². The summed E-state index contributed by atoms with van der Waals surface area (Å²) >= 11 is 5.00. The van der Waals surface area contributed by atoms with E-state index in [1.807, 2.05) is 30.3 Å². The van der Waals surface area contributed by atoms with E-state index in [1.54, 1.807) is 25.1 Å². The minimum Gasteiger partial charge on any atom is -0.496 e. The predicted molar refractivity (Wildman–Crippen MR) is 85.5 cm³/mol. The van der Waals surface area contributed by atoms with Gasteiger partial charge in [-0.15, -0.1) is 11.8 Å². The quantitative estimate of drug-likeness (QED) is 0.491. The normalized spacial score (nSPS) is 10.3. The Bertz CT molecular complexity index is 616. The number of amidine groups is 1. The molecule has 0 aliphatic heterocycles. The van der Waals surface area contributed by atoms with Gasteiger partial charge in [-0.25, -0.2) is 4.98 Å². The summed E-state index contributed by atoms with van der Waals surface area (Å²) in [7, 11) is 1.58. The molecule has 0 radical (unpaired) electrons. The molecule has 1 aromatic heterocycles. The van der Waals surface area contributed by atoms with Crippen molar-refractivity contribution in [2.45, 2.75) is 10.8 Å². The Morgan fingerprint density at radius 1 is 1.40 bits per heavy atom. The number of thioether (sulfide) groups is 1. The maximum atomic E-state index is 7.48. The molecule has 0 saturated carbocycles. The third kappa shape index (κ3) is 3.74. The molecule has 0 aliphatic rings. The lowest BCUT2D eigenvalue weighted by Gasteiger charge is -2.09. The van der Waals surface area contributed by atoms with Gasteiger partial charge in [0, 0.05) is 16.4 Å². The predicted octanol–water partition coefficient (Wildman–Crippen LogP) is 3.43.